The summed E-state index contributed by atoms with van der Waals surface area (Å²) in [4.78, 5) is 32.6. The third-order valence-corrected chi connectivity index (χ3v) is 6.14. The van der Waals surface area contributed by atoms with Crippen molar-refractivity contribution in [2.45, 2.75) is 13.8 Å². The van der Waals surface area contributed by atoms with Gasteiger partial charge in [-0.3, -0.25) is 9.59 Å². The summed E-state index contributed by atoms with van der Waals surface area (Å²) in [5.74, 6) is -0.204. The molecule has 6 nitrogen and oxygen atoms in total. The smallest absolute Gasteiger partial charge is 0.270 e. The van der Waals surface area contributed by atoms with Gasteiger partial charge in [0, 0.05) is 37.1 Å². The van der Waals surface area contributed by atoms with Crippen LogP contribution in [0.4, 0.5) is 5.69 Å². The summed E-state index contributed by atoms with van der Waals surface area (Å²) < 4.78 is 0. The molecule has 0 spiro atoms. The van der Waals surface area contributed by atoms with Gasteiger partial charge in [0.1, 0.15) is 5.69 Å². The van der Waals surface area contributed by atoms with Crippen molar-refractivity contribution in [2.24, 2.45) is 0 Å². The van der Waals surface area contributed by atoms with Crippen LogP contribution in [0.15, 0.2) is 60.7 Å². The quantitative estimate of drug-likeness (QED) is 0.502. The lowest BCUT2D eigenvalue weighted by atomic mass is 10.00. The molecule has 0 unspecified atom stereocenters. The molecule has 0 saturated carbocycles. The van der Waals surface area contributed by atoms with E-state index >= 15 is 0 Å². The largest absolute Gasteiger partial charge is 0.351 e. The lowest BCUT2D eigenvalue weighted by molar-refractivity contribution is -0.110. The standard InChI is InChI=1S/C27H30N4O2/c1-4-31(5-2)16-15-30(3)27(33)24-14-12-21(28-24)18-23-22-13-11-20(17-25(22)29-26(23)32)19-9-7-6-8-10-19/h6-14,17-18,28H,4-5,15-16H2,1-3H3,(H,29,32)/b23-18-. The molecule has 1 aromatic heterocycles. The van der Waals surface area contributed by atoms with Gasteiger partial charge in [-0.05, 0) is 48.5 Å². The van der Waals surface area contributed by atoms with Crippen LogP contribution < -0.4 is 5.32 Å². The second-order valence-corrected chi connectivity index (χ2v) is 8.22. The van der Waals surface area contributed by atoms with Crippen LogP contribution in [0.5, 0.6) is 0 Å². The molecule has 4 rings (SSSR count). The number of hydrogen-bond donors (Lipinski definition) is 2. The van der Waals surface area contributed by atoms with E-state index in [0.717, 1.165) is 47.7 Å². The zero-order valence-electron chi connectivity index (χ0n) is 19.4. The molecule has 2 aromatic carbocycles. The number of benzene rings is 2. The SMILES string of the molecule is CCN(CC)CCN(C)C(=O)c1ccc(/C=C2\C(=O)Nc3cc(-c4ccccc4)ccc32)[nH]1. The number of carbonyl (C=O) groups excluding carboxylic acids is 2. The van der Waals surface area contributed by atoms with Crippen molar-refractivity contribution in [3.63, 3.8) is 0 Å². The zero-order chi connectivity index (χ0) is 23.4. The molecule has 0 aliphatic carbocycles. The Morgan fingerprint density at radius 2 is 1.70 bits per heavy atom. The molecule has 0 bridgehead atoms. The minimum Gasteiger partial charge on any atom is -0.351 e. The number of nitrogens with zero attached hydrogens (tertiary/aromatic N) is 2. The fraction of sp³-hybridized carbons (Fsp3) is 0.259. The highest BCUT2D eigenvalue weighted by Gasteiger charge is 2.25. The minimum atomic E-state index is -0.144. The van der Waals surface area contributed by atoms with Crippen LogP contribution in [0.1, 0.15) is 35.6 Å². The number of rotatable bonds is 8. The Labute approximate surface area is 194 Å². The number of anilines is 1. The fourth-order valence-electron chi connectivity index (χ4n) is 4.06. The Bertz CT molecular complexity index is 1180. The first-order valence-electron chi connectivity index (χ1n) is 11.4. The van der Waals surface area contributed by atoms with E-state index in [1.165, 1.54) is 0 Å². The fourth-order valence-corrected chi connectivity index (χ4v) is 4.06. The summed E-state index contributed by atoms with van der Waals surface area (Å²) in [6, 6.07) is 19.7. The number of hydrogen-bond acceptors (Lipinski definition) is 3. The van der Waals surface area contributed by atoms with Crippen LogP contribution in [0.25, 0.3) is 22.8 Å². The van der Waals surface area contributed by atoms with Crippen LogP contribution in [-0.4, -0.2) is 59.8 Å². The molecule has 1 aliphatic rings. The van der Waals surface area contributed by atoms with E-state index in [2.05, 4.69) is 29.0 Å². The number of amides is 2. The first-order chi connectivity index (χ1) is 16.0. The number of carbonyl (C=O) groups is 2. The highest BCUT2D eigenvalue weighted by atomic mass is 16.2. The van der Waals surface area contributed by atoms with E-state index in [1.54, 1.807) is 17.0 Å². The van der Waals surface area contributed by atoms with Gasteiger partial charge in [0.25, 0.3) is 11.8 Å². The molecule has 1 aliphatic heterocycles. The van der Waals surface area contributed by atoms with E-state index in [0.29, 0.717) is 17.8 Å². The average molecular weight is 443 g/mol. The number of H-pyrrole nitrogens is 1. The molecule has 0 radical (unpaired) electrons. The van der Waals surface area contributed by atoms with E-state index in [9.17, 15) is 9.59 Å². The number of aromatic nitrogens is 1. The van der Waals surface area contributed by atoms with Gasteiger partial charge in [0.2, 0.25) is 0 Å². The average Bonchev–Trinajstić information content (AvgIpc) is 3.43. The number of aromatic amines is 1. The second-order valence-electron chi connectivity index (χ2n) is 8.22. The van der Waals surface area contributed by atoms with Crippen LogP contribution in [0.3, 0.4) is 0 Å². The summed E-state index contributed by atoms with van der Waals surface area (Å²) in [7, 11) is 1.82. The van der Waals surface area contributed by atoms with Gasteiger partial charge in [-0.2, -0.15) is 0 Å². The third kappa shape index (κ3) is 4.91. The van der Waals surface area contributed by atoms with Crippen LogP contribution in [0.2, 0.25) is 0 Å². The van der Waals surface area contributed by atoms with Gasteiger partial charge in [-0.1, -0.05) is 56.3 Å². The molecule has 2 amide bonds. The van der Waals surface area contributed by atoms with Gasteiger partial charge < -0.3 is 20.1 Å². The Balaban J connectivity index is 1.51. The molecule has 2 N–H and O–H groups in total. The molecule has 0 saturated heterocycles. The number of nitrogens with one attached hydrogen (secondary N) is 2. The van der Waals surface area contributed by atoms with Gasteiger partial charge >= 0.3 is 0 Å². The van der Waals surface area contributed by atoms with Gasteiger partial charge in [0.15, 0.2) is 0 Å². The lowest BCUT2D eigenvalue weighted by Gasteiger charge is -2.22. The molecular weight excluding hydrogens is 412 g/mol. The highest BCUT2D eigenvalue weighted by Crippen LogP contribution is 2.36. The second kappa shape index (κ2) is 9.88. The molecule has 2 heterocycles. The van der Waals surface area contributed by atoms with Crippen molar-refractivity contribution in [3.05, 3.63) is 77.6 Å². The molecule has 3 aromatic rings. The van der Waals surface area contributed by atoms with E-state index in [4.69, 9.17) is 0 Å². The van der Waals surface area contributed by atoms with Gasteiger partial charge in [-0.15, -0.1) is 0 Å². The summed E-state index contributed by atoms with van der Waals surface area (Å²) in [6.45, 7) is 7.68. The Morgan fingerprint density at radius 3 is 2.42 bits per heavy atom. The Hall–Kier alpha value is -3.64. The van der Waals surface area contributed by atoms with Crippen molar-refractivity contribution in [1.29, 1.82) is 0 Å². The van der Waals surface area contributed by atoms with Crippen molar-refractivity contribution >= 4 is 29.2 Å². The third-order valence-electron chi connectivity index (χ3n) is 6.14. The minimum absolute atomic E-state index is 0.0596. The predicted octanol–water partition coefficient (Wildman–Crippen LogP) is 4.59. The lowest BCUT2D eigenvalue weighted by Crippen LogP contribution is -2.36. The van der Waals surface area contributed by atoms with Crippen molar-refractivity contribution in [2.75, 3.05) is 38.5 Å². The van der Waals surface area contributed by atoms with Crippen molar-refractivity contribution < 1.29 is 9.59 Å². The van der Waals surface area contributed by atoms with E-state index in [1.807, 2.05) is 61.6 Å². The Morgan fingerprint density at radius 1 is 0.939 bits per heavy atom. The highest BCUT2D eigenvalue weighted by molar-refractivity contribution is 6.35. The molecule has 170 valence electrons. The normalized spacial score (nSPS) is 13.9. The maximum Gasteiger partial charge on any atom is 0.270 e. The molecule has 0 fully saturated rings. The maximum absolute atomic E-state index is 12.8. The number of fused-ring (bicyclic) bond motifs is 1. The molecule has 6 heteroatoms. The summed E-state index contributed by atoms with van der Waals surface area (Å²) in [5, 5.41) is 2.96. The first-order valence-corrected chi connectivity index (χ1v) is 11.4. The van der Waals surface area contributed by atoms with Gasteiger partial charge in [-0.25, -0.2) is 0 Å². The summed E-state index contributed by atoms with van der Waals surface area (Å²) in [5.41, 5.74) is 5.63. The molecule has 33 heavy (non-hydrogen) atoms. The molecular formula is C27H30N4O2. The number of likely N-dealkylation sites (N-methyl/N-ethyl adjacent to an activating group) is 2. The zero-order valence-corrected chi connectivity index (χ0v) is 19.4. The van der Waals surface area contributed by atoms with Crippen LogP contribution >= 0.6 is 0 Å². The van der Waals surface area contributed by atoms with Crippen LogP contribution in [-0.2, 0) is 4.79 Å². The van der Waals surface area contributed by atoms with E-state index < -0.39 is 0 Å². The monoisotopic (exact) mass is 442 g/mol. The van der Waals surface area contributed by atoms with Crippen LogP contribution in [0, 0.1) is 0 Å². The van der Waals surface area contributed by atoms with Gasteiger partial charge in [0.05, 0.1) is 5.57 Å². The predicted molar refractivity (Wildman–Crippen MR) is 134 cm³/mol. The first kappa shape index (κ1) is 22.6. The maximum atomic E-state index is 12.8. The van der Waals surface area contributed by atoms with Crippen molar-refractivity contribution in [1.82, 2.24) is 14.8 Å². The topological polar surface area (TPSA) is 68.4 Å². The van der Waals surface area contributed by atoms with Crippen molar-refractivity contribution in [3.8, 4) is 11.1 Å². The molecule has 0 atom stereocenters. The summed E-state index contributed by atoms with van der Waals surface area (Å²) >= 11 is 0. The van der Waals surface area contributed by atoms with E-state index in [-0.39, 0.29) is 11.8 Å². The summed E-state index contributed by atoms with van der Waals surface area (Å²) in [6.07, 6.45) is 1.80. The Kier molecular flexibility index (Phi) is 6.75.